The summed E-state index contributed by atoms with van der Waals surface area (Å²) in [5, 5.41) is 7.54. The average Bonchev–Trinajstić information content (AvgIpc) is 3.99. The van der Waals surface area contributed by atoms with Gasteiger partial charge in [0.15, 0.2) is 5.82 Å². The average molecular weight is 775 g/mol. The molecule has 51 heavy (non-hydrogen) atoms. The molecule has 3 fully saturated rings. The van der Waals surface area contributed by atoms with Gasteiger partial charge in [-0.05, 0) is 110 Å². The monoisotopic (exact) mass is 773 g/mol. The molecule has 2 saturated heterocycles. The zero-order chi connectivity index (χ0) is 35.7. The number of hydrogen-bond donors (Lipinski definition) is 2. The van der Waals surface area contributed by atoms with Crippen molar-refractivity contribution in [3.8, 4) is 17.1 Å². The summed E-state index contributed by atoms with van der Waals surface area (Å²) in [4.78, 5) is 26.3. The van der Waals surface area contributed by atoms with Crippen molar-refractivity contribution in [1.82, 2.24) is 29.7 Å². The largest absolute Gasteiger partial charge is 0.494 e. The Morgan fingerprint density at radius 3 is 2.27 bits per heavy atom. The Kier molecular flexibility index (Phi) is 10.7. The molecular weight excluding hydrogens is 725 g/mol. The number of piperazine rings is 1. The van der Waals surface area contributed by atoms with Gasteiger partial charge in [-0.3, -0.25) is 4.90 Å². The lowest BCUT2D eigenvalue weighted by Gasteiger charge is -2.43. The second-order valence-electron chi connectivity index (χ2n) is 14.4. The number of benzene rings is 2. The predicted molar refractivity (Wildman–Crippen MR) is 212 cm³/mol. The van der Waals surface area contributed by atoms with Gasteiger partial charge in [0.2, 0.25) is 5.95 Å². The van der Waals surface area contributed by atoms with Crippen LogP contribution in [0.15, 0.2) is 53.4 Å². The zero-order valence-corrected chi connectivity index (χ0v) is 32.8. The van der Waals surface area contributed by atoms with Crippen molar-refractivity contribution >= 4 is 57.2 Å². The maximum atomic E-state index is 13.6. The van der Waals surface area contributed by atoms with Crippen molar-refractivity contribution in [2.45, 2.75) is 51.0 Å². The molecule has 4 aromatic rings. The summed E-state index contributed by atoms with van der Waals surface area (Å²) >= 11 is 3.62. The molecule has 7 rings (SSSR count). The van der Waals surface area contributed by atoms with E-state index in [9.17, 15) is 4.57 Å². The van der Waals surface area contributed by atoms with E-state index in [1.807, 2.05) is 30.6 Å². The van der Waals surface area contributed by atoms with E-state index in [4.69, 9.17) is 9.72 Å². The van der Waals surface area contributed by atoms with Crippen LogP contribution in [0.25, 0.3) is 11.4 Å². The second kappa shape index (κ2) is 15.2. The third-order valence-corrected chi connectivity index (χ3v) is 12.6. The number of ether oxygens (including phenoxy) is 1. The number of hydrogen-bond acceptors (Lipinski definition) is 11. The number of nitrogens with one attached hydrogen (secondary N) is 2. The van der Waals surface area contributed by atoms with Gasteiger partial charge in [-0.25, -0.2) is 15.0 Å². The van der Waals surface area contributed by atoms with Gasteiger partial charge in [0.1, 0.15) is 18.7 Å². The molecule has 13 heteroatoms. The number of likely N-dealkylation sites (N-methyl/N-ethyl adjacent to an activating group) is 1. The quantitative estimate of drug-likeness (QED) is 0.152. The predicted octanol–water partition coefficient (Wildman–Crippen LogP) is 7.10. The standard InChI is InChI=1S/C38H49BrN9O2P/c1-6-25-19-32(34(50-3)21-33(25)48-13-11-29(12-14-48)47-17-15-46(2)16-18-47)44-38-42-24-30(39)37(45-38)43-31-10-9-27(20-35(31)51(4,5)49)36-40-22-28(23-41-36)26-7-8-26/h9-10,19-24,26,29H,6-8,11-18H2,1-5H3,(H2,42,43,44,45). The van der Waals surface area contributed by atoms with Crippen molar-refractivity contribution in [2.24, 2.45) is 0 Å². The van der Waals surface area contributed by atoms with Crippen molar-refractivity contribution in [2.75, 3.05) is 82.3 Å². The van der Waals surface area contributed by atoms with E-state index in [1.165, 1.54) is 55.6 Å². The van der Waals surface area contributed by atoms with Crippen LogP contribution < -0.4 is 25.6 Å². The number of piperidine rings is 1. The van der Waals surface area contributed by atoms with Crippen LogP contribution in [0.1, 0.15) is 49.7 Å². The van der Waals surface area contributed by atoms with Gasteiger partial charge in [-0.1, -0.05) is 6.92 Å². The Balaban J connectivity index is 1.09. The normalized spacial score (nSPS) is 17.8. The van der Waals surface area contributed by atoms with Gasteiger partial charge in [0.25, 0.3) is 0 Å². The summed E-state index contributed by atoms with van der Waals surface area (Å²) in [6.45, 7) is 12.5. The molecule has 0 atom stereocenters. The number of halogens is 1. The molecule has 0 bridgehead atoms. The van der Waals surface area contributed by atoms with E-state index in [-0.39, 0.29) is 0 Å². The van der Waals surface area contributed by atoms with Crippen LogP contribution in [0.2, 0.25) is 0 Å². The second-order valence-corrected chi connectivity index (χ2v) is 18.5. The van der Waals surface area contributed by atoms with Crippen LogP contribution >= 0.6 is 23.1 Å². The van der Waals surface area contributed by atoms with Crippen molar-refractivity contribution in [3.63, 3.8) is 0 Å². The van der Waals surface area contributed by atoms with E-state index in [1.54, 1.807) is 26.6 Å². The number of anilines is 5. The molecule has 0 amide bonds. The van der Waals surface area contributed by atoms with Crippen LogP contribution in [-0.2, 0) is 11.0 Å². The summed E-state index contributed by atoms with van der Waals surface area (Å²) in [5.74, 6) is 2.92. The molecule has 0 radical (unpaired) electrons. The molecule has 2 aromatic carbocycles. The SMILES string of the molecule is CCc1cc(Nc2ncc(Br)c(Nc3ccc(-c4ncc(C5CC5)cn4)cc3P(C)(C)=O)n2)c(OC)cc1N1CCC(N2CCN(C)CC2)CC1. The molecular formula is C38H49BrN9O2P. The van der Waals surface area contributed by atoms with Crippen LogP contribution in [0.3, 0.4) is 0 Å². The molecule has 1 aliphatic carbocycles. The van der Waals surface area contributed by atoms with E-state index in [0.29, 0.717) is 45.0 Å². The van der Waals surface area contributed by atoms with Crippen molar-refractivity contribution in [1.29, 1.82) is 0 Å². The Morgan fingerprint density at radius 2 is 1.63 bits per heavy atom. The van der Waals surface area contributed by atoms with Crippen LogP contribution in [0, 0.1) is 0 Å². The van der Waals surface area contributed by atoms with E-state index < -0.39 is 7.14 Å². The van der Waals surface area contributed by atoms with Gasteiger partial charge in [-0.2, -0.15) is 4.98 Å². The molecule has 2 N–H and O–H groups in total. The smallest absolute Gasteiger partial charge is 0.229 e. The summed E-state index contributed by atoms with van der Waals surface area (Å²) in [5.41, 5.74) is 6.02. The first-order valence-corrected chi connectivity index (χ1v) is 21.5. The number of aromatic nitrogens is 4. The highest BCUT2D eigenvalue weighted by Gasteiger charge is 2.28. The minimum atomic E-state index is -2.70. The summed E-state index contributed by atoms with van der Waals surface area (Å²) in [6.07, 6.45) is 11.2. The number of aryl methyl sites for hydroxylation is 1. The third-order valence-electron chi connectivity index (χ3n) is 10.4. The maximum Gasteiger partial charge on any atom is 0.229 e. The lowest BCUT2D eigenvalue weighted by Crippen LogP contribution is -2.52. The first-order valence-electron chi connectivity index (χ1n) is 18.1. The van der Waals surface area contributed by atoms with E-state index >= 15 is 0 Å². The first kappa shape index (κ1) is 35.8. The Morgan fingerprint density at radius 1 is 0.902 bits per heavy atom. The lowest BCUT2D eigenvalue weighted by atomic mass is 9.99. The topological polar surface area (TPSA) is 112 Å². The molecule has 3 aliphatic rings. The molecule has 11 nitrogen and oxygen atoms in total. The lowest BCUT2D eigenvalue weighted by molar-refractivity contribution is 0.0982. The first-order chi connectivity index (χ1) is 24.6. The summed E-state index contributed by atoms with van der Waals surface area (Å²) < 4.78 is 20.2. The van der Waals surface area contributed by atoms with Gasteiger partial charge in [0.05, 0.1) is 23.0 Å². The molecule has 2 aliphatic heterocycles. The highest BCUT2D eigenvalue weighted by atomic mass is 79.9. The van der Waals surface area contributed by atoms with Crippen LogP contribution in [-0.4, -0.2) is 103 Å². The van der Waals surface area contributed by atoms with Crippen molar-refractivity contribution in [3.05, 3.63) is 64.5 Å². The third kappa shape index (κ3) is 8.25. The molecule has 2 aromatic heterocycles. The highest BCUT2D eigenvalue weighted by Crippen LogP contribution is 2.42. The fraction of sp³-hybridized carbons (Fsp3) is 0.474. The fourth-order valence-electron chi connectivity index (χ4n) is 7.22. The summed E-state index contributed by atoms with van der Waals surface area (Å²) in [7, 11) is 1.22. The summed E-state index contributed by atoms with van der Waals surface area (Å²) in [6, 6.07) is 10.8. The molecule has 0 spiro atoms. The molecule has 270 valence electrons. The maximum absolute atomic E-state index is 13.6. The number of rotatable bonds is 11. The van der Waals surface area contributed by atoms with E-state index in [0.717, 1.165) is 49.6 Å². The van der Waals surface area contributed by atoms with Crippen molar-refractivity contribution < 1.29 is 9.30 Å². The Hall–Kier alpha value is -3.57. The highest BCUT2D eigenvalue weighted by molar-refractivity contribution is 9.10. The Bertz CT molecular complexity index is 1900. The Labute approximate surface area is 310 Å². The van der Waals surface area contributed by atoms with E-state index in [2.05, 4.69) is 82.3 Å². The van der Waals surface area contributed by atoms with Crippen LogP contribution in [0.5, 0.6) is 5.75 Å². The van der Waals surface area contributed by atoms with Gasteiger partial charge < -0.3 is 29.7 Å². The minimum absolute atomic E-state index is 0.417. The zero-order valence-electron chi connectivity index (χ0n) is 30.3. The fourth-order valence-corrected chi connectivity index (χ4v) is 8.67. The van der Waals surface area contributed by atoms with Gasteiger partial charge >= 0.3 is 0 Å². The van der Waals surface area contributed by atoms with Crippen LogP contribution in [0.4, 0.5) is 28.8 Å². The molecule has 4 heterocycles. The molecule has 1 saturated carbocycles. The minimum Gasteiger partial charge on any atom is -0.494 e. The number of methoxy groups -OCH3 is 1. The van der Waals surface area contributed by atoms with Gasteiger partial charge in [0, 0.05) is 86.5 Å². The number of nitrogens with zero attached hydrogens (tertiary/aromatic N) is 7. The van der Waals surface area contributed by atoms with Gasteiger partial charge in [-0.15, -0.1) is 0 Å². The molecule has 0 unspecified atom stereocenters.